The molecule has 200 valence electrons. The number of carbonyl (C=O) groups excluding carboxylic acids is 3. The predicted molar refractivity (Wildman–Crippen MR) is 124 cm³/mol. The smallest absolute Gasteiger partial charge is 0.334 e. The van der Waals surface area contributed by atoms with Crippen LogP contribution in [0.3, 0.4) is 0 Å². The van der Waals surface area contributed by atoms with Gasteiger partial charge in [-0.25, -0.2) is 18.7 Å². The second-order valence-corrected chi connectivity index (χ2v) is 8.35. The van der Waals surface area contributed by atoms with E-state index in [0.29, 0.717) is 5.56 Å². The molecule has 3 heterocycles. The fourth-order valence-electron chi connectivity index (χ4n) is 3.98. The van der Waals surface area contributed by atoms with Crippen LogP contribution in [0.2, 0.25) is 0 Å². The molecule has 0 radical (unpaired) electrons. The maximum Gasteiger partial charge on any atom is 0.334 e. The first-order valence-corrected chi connectivity index (χ1v) is 11.2. The standard InChI is InChI=1S/C23H22FN5O9/c1-10(30)35-9-15-17(36-11(2)31)18(37-12(3)32)22(38-15)29-20-16(21(33)28(4)23(29)34)25-19(26-27-20)13-5-7-14(24)8-6-13/h5-8,15,17-18,22H,9H2,1-4H3/t15-,17-,18-,22-/m1/s1. The quantitative estimate of drug-likeness (QED) is 0.309. The Hall–Kier alpha value is -4.53. The van der Waals surface area contributed by atoms with Crippen molar-refractivity contribution in [3.63, 3.8) is 0 Å². The Kier molecular flexibility index (Phi) is 7.30. The van der Waals surface area contributed by atoms with Gasteiger partial charge in [-0.3, -0.25) is 23.7 Å². The first-order chi connectivity index (χ1) is 18.0. The van der Waals surface area contributed by atoms with Gasteiger partial charge in [0.25, 0.3) is 5.56 Å². The van der Waals surface area contributed by atoms with Crippen LogP contribution in [0.5, 0.6) is 0 Å². The number of hydrogen-bond donors (Lipinski definition) is 0. The Morgan fingerprint density at radius 1 is 0.974 bits per heavy atom. The lowest BCUT2D eigenvalue weighted by Crippen LogP contribution is -2.45. The van der Waals surface area contributed by atoms with Crippen LogP contribution in [0.1, 0.15) is 27.0 Å². The van der Waals surface area contributed by atoms with Gasteiger partial charge in [0.05, 0.1) is 0 Å². The van der Waals surface area contributed by atoms with Gasteiger partial charge < -0.3 is 18.9 Å². The maximum atomic E-state index is 13.4. The van der Waals surface area contributed by atoms with Gasteiger partial charge in [0.1, 0.15) is 18.5 Å². The first-order valence-electron chi connectivity index (χ1n) is 11.2. The third kappa shape index (κ3) is 5.13. The van der Waals surface area contributed by atoms with Crippen molar-refractivity contribution < 1.29 is 37.7 Å². The van der Waals surface area contributed by atoms with Gasteiger partial charge in [-0.2, -0.15) is 0 Å². The molecule has 1 aliphatic rings. The van der Waals surface area contributed by atoms with Gasteiger partial charge in [-0.15, -0.1) is 10.2 Å². The van der Waals surface area contributed by atoms with Crippen LogP contribution >= 0.6 is 0 Å². The molecule has 38 heavy (non-hydrogen) atoms. The van der Waals surface area contributed by atoms with Crippen molar-refractivity contribution in [1.29, 1.82) is 0 Å². The van der Waals surface area contributed by atoms with E-state index in [1.54, 1.807) is 0 Å². The van der Waals surface area contributed by atoms with E-state index in [9.17, 15) is 28.4 Å². The highest BCUT2D eigenvalue weighted by atomic mass is 19.1. The molecule has 0 N–H and O–H groups in total. The third-order valence-electron chi connectivity index (χ3n) is 5.59. The van der Waals surface area contributed by atoms with Gasteiger partial charge in [0.15, 0.2) is 35.4 Å². The minimum absolute atomic E-state index is 0.0193. The minimum Gasteiger partial charge on any atom is -0.463 e. The number of nitrogens with zero attached hydrogens (tertiary/aromatic N) is 5. The number of rotatable bonds is 6. The lowest BCUT2D eigenvalue weighted by molar-refractivity contribution is -0.166. The Morgan fingerprint density at radius 3 is 2.21 bits per heavy atom. The molecule has 14 nitrogen and oxygen atoms in total. The number of hydrogen-bond acceptors (Lipinski definition) is 12. The zero-order valence-corrected chi connectivity index (χ0v) is 20.6. The molecular weight excluding hydrogens is 509 g/mol. The number of fused-ring (bicyclic) bond motifs is 1. The summed E-state index contributed by atoms with van der Waals surface area (Å²) in [4.78, 5) is 65.7. The molecule has 1 saturated heterocycles. The number of esters is 3. The predicted octanol–water partition coefficient (Wildman–Crippen LogP) is 0.0152. The van der Waals surface area contributed by atoms with E-state index in [1.165, 1.54) is 31.3 Å². The van der Waals surface area contributed by atoms with Crippen LogP contribution in [-0.2, 0) is 40.4 Å². The molecule has 2 aromatic heterocycles. The van der Waals surface area contributed by atoms with Crippen LogP contribution < -0.4 is 11.2 Å². The summed E-state index contributed by atoms with van der Waals surface area (Å²) in [6.07, 6.45) is -5.35. The highest BCUT2D eigenvalue weighted by Gasteiger charge is 2.51. The average Bonchev–Trinajstić information content (AvgIpc) is 3.17. The zero-order chi connectivity index (χ0) is 27.7. The Morgan fingerprint density at radius 2 is 1.61 bits per heavy atom. The summed E-state index contributed by atoms with van der Waals surface area (Å²) in [5, 5.41) is 7.99. The van der Waals surface area contributed by atoms with E-state index in [4.69, 9.17) is 18.9 Å². The van der Waals surface area contributed by atoms with Gasteiger partial charge in [-0.1, -0.05) is 0 Å². The van der Waals surface area contributed by atoms with Gasteiger partial charge in [-0.05, 0) is 24.3 Å². The van der Waals surface area contributed by atoms with Crippen LogP contribution in [0.25, 0.3) is 22.6 Å². The molecular formula is C23H22FN5O9. The van der Waals surface area contributed by atoms with E-state index in [2.05, 4.69) is 15.2 Å². The lowest BCUT2D eigenvalue weighted by Gasteiger charge is -2.24. The maximum absolute atomic E-state index is 13.4. The van der Waals surface area contributed by atoms with Crippen LogP contribution in [0, 0.1) is 5.82 Å². The van der Waals surface area contributed by atoms with Gasteiger partial charge in [0, 0.05) is 33.4 Å². The molecule has 4 atom stereocenters. The molecule has 4 rings (SSSR count). The third-order valence-corrected chi connectivity index (χ3v) is 5.59. The molecule has 1 aliphatic heterocycles. The van der Waals surface area contributed by atoms with Crippen LogP contribution in [0.15, 0.2) is 33.9 Å². The largest absolute Gasteiger partial charge is 0.463 e. The zero-order valence-electron chi connectivity index (χ0n) is 20.6. The summed E-state index contributed by atoms with van der Waals surface area (Å²) in [5.74, 6) is -2.72. The number of carbonyl (C=O) groups is 3. The van der Waals surface area contributed by atoms with E-state index < -0.39 is 66.1 Å². The number of ether oxygens (including phenoxy) is 4. The number of benzene rings is 1. The molecule has 0 unspecified atom stereocenters. The average molecular weight is 531 g/mol. The number of halogens is 1. The Labute approximate surface area is 212 Å². The highest BCUT2D eigenvalue weighted by Crippen LogP contribution is 2.34. The van der Waals surface area contributed by atoms with E-state index >= 15 is 0 Å². The van der Waals surface area contributed by atoms with Crippen LogP contribution in [-0.4, -0.2) is 67.1 Å². The van der Waals surface area contributed by atoms with E-state index in [-0.39, 0.29) is 17.0 Å². The monoisotopic (exact) mass is 531 g/mol. The summed E-state index contributed by atoms with van der Waals surface area (Å²) < 4.78 is 36.6. The van der Waals surface area contributed by atoms with Gasteiger partial charge in [0.2, 0.25) is 0 Å². The van der Waals surface area contributed by atoms with Crippen molar-refractivity contribution in [2.24, 2.45) is 7.05 Å². The molecule has 0 saturated carbocycles. The fraction of sp³-hybridized carbons (Fsp3) is 0.391. The fourth-order valence-corrected chi connectivity index (χ4v) is 3.98. The second-order valence-electron chi connectivity index (χ2n) is 8.35. The Balaban J connectivity index is 1.90. The summed E-state index contributed by atoms with van der Waals surface area (Å²) in [6.45, 7) is 2.96. The van der Waals surface area contributed by atoms with Crippen LogP contribution in [0.4, 0.5) is 4.39 Å². The van der Waals surface area contributed by atoms with Crippen molar-refractivity contribution >= 4 is 29.1 Å². The van der Waals surface area contributed by atoms with Crippen molar-refractivity contribution in [2.45, 2.75) is 45.3 Å². The van der Waals surface area contributed by atoms with Crippen molar-refractivity contribution in [3.8, 4) is 11.4 Å². The SMILES string of the molecule is CC(=O)OC[C@H]1O[C@@H](n2c(=O)n(C)c(=O)c3nc(-c4ccc(F)cc4)nnc32)[C@H](OC(C)=O)[C@@H]1OC(C)=O. The van der Waals surface area contributed by atoms with E-state index in [1.807, 2.05) is 0 Å². The molecule has 0 amide bonds. The highest BCUT2D eigenvalue weighted by molar-refractivity contribution is 5.72. The van der Waals surface area contributed by atoms with Gasteiger partial charge >= 0.3 is 23.6 Å². The molecule has 0 aliphatic carbocycles. The molecule has 1 fully saturated rings. The molecule has 0 bridgehead atoms. The Bertz CT molecular complexity index is 1540. The minimum atomic E-state index is -1.49. The summed E-state index contributed by atoms with van der Waals surface area (Å²) in [5.41, 5.74) is -1.99. The normalized spacial score (nSPS) is 20.8. The topological polar surface area (TPSA) is 171 Å². The van der Waals surface area contributed by atoms with Crippen molar-refractivity contribution in [3.05, 3.63) is 50.9 Å². The first kappa shape index (κ1) is 26.5. The summed E-state index contributed by atoms with van der Waals surface area (Å²) in [6, 6.07) is 5.13. The lowest BCUT2D eigenvalue weighted by atomic mass is 10.1. The van der Waals surface area contributed by atoms with Crippen molar-refractivity contribution in [1.82, 2.24) is 24.3 Å². The molecule has 1 aromatic carbocycles. The summed E-state index contributed by atoms with van der Waals surface area (Å²) >= 11 is 0. The molecule has 3 aromatic rings. The summed E-state index contributed by atoms with van der Waals surface area (Å²) in [7, 11) is 1.19. The molecule has 0 spiro atoms. The molecule has 15 heteroatoms. The second kappa shape index (κ2) is 10.5. The van der Waals surface area contributed by atoms with Crippen molar-refractivity contribution in [2.75, 3.05) is 6.61 Å². The van der Waals surface area contributed by atoms with E-state index in [0.717, 1.165) is 29.9 Å². The number of aromatic nitrogens is 5.